The predicted octanol–water partition coefficient (Wildman–Crippen LogP) is 6.51. The highest BCUT2D eigenvalue weighted by Gasteiger charge is 2.30. The standard InChI is InChI=1S/C29H33FN2O2S/c1-21-8-13-24(14-9-21)29(34)32(26-6-4-3-5-7-26)20-28(33)31(19-27-17-10-22(2)35-27)18-23-11-15-25(30)16-12-23/h8-17,26H,3-7,18-20H2,1-2H3. The van der Waals surface area contributed by atoms with Crippen LogP contribution in [-0.2, 0) is 17.9 Å². The highest BCUT2D eigenvalue weighted by atomic mass is 32.1. The van der Waals surface area contributed by atoms with Crippen LogP contribution in [0, 0.1) is 19.7 Å². The van der Waals surface area contributed by atoms with Crippen LogP contribution in [-0.4, -0.2) is 34.2 Å². The molecule has 3 aromatic rings. The average Bonchev–Trinajstić information content (AvgIpc) is 3.28. The van der Waals surface area contributed by atoms with Gasteiger partial charge in [0.2, 0.25) is 5.91 Å². The van der Waals surface area contributed by atoms with Gasteiger partial charge in [-0.25, -0.2) is 4.39 Å². The third-order valence-electron chi connectivity index (χ3n) is 6.66. The Kier molecular flexibility index (Phi) is 8.34. The Balaban J connectivity index is 1.58. The second kappa shape index (κ2) is 11.6. The van der Waals surface area contributed by atoms with Gasteiger partial charge in [-0.05, 0) is 68.7 Å². The van der Waals surface area contributed by atoms with E-state index in [0.29, 0.717) is 18.7 Å². The fourth-order valence-corrected chi connectivity index (χ4v) is 5.57. The van der Waals surface area contributed by atoms with Crippen molar-refractivity contribution < 1.29 is 14.0 Å². The molecule has 184 valence electrons. The zero-order chi connectivity index (χ0) is 24.8. The third-order valence-corrected chi connectivity index (χ3v) is 7.65. The number of hydrogen-bond donors (Lipinski definition) is 0. The van der Waals surface area contributed by atoms with Gasteiger partial charge in [-0.3, -0.25) is 9.59 Å². The molecule has 1 aromatic heterocycles. The van der Waals surface area contributed by atoms with Crippen LogP contribution in [0.3, 0.4) is 0 Å². The Morgan fingerprint density at radius 3 is 2.20 bits per heavy atom. The molecular formula is C29H33FN2O2S. The lowest BCUT2D eigenvalue weighted by molar-refractivity contribution is -0.133. The second-order valence-corrected chi connectivity index (χ2v) is 10.9. The van der Waals surface area contributed by atoms with Crippen LogP contribution in [0.5, 0.6) is 0 Å². The van der Waals surface area contributed by atoms with Gasteiger partial charge >= 0.3 is 0 Å². The summed E-state index contributed by atoms with van der Waals surface area (Å²) in [6.45, 7) is 4.92. The van der Waals surface area contributed by atoms with E-state index in [1.165, 1.54) is 23.4 Å². The molecule has 1 heterocycles. The first kappa shape index (κ1) is 25.1. The molecule has 1 aliphatic carbocycles. The first-order valence-corrected chi connectivity index (χ1v) is 13.2. The zero-order valence-corrected chi connectivity index (χ0v) is 21.3. The fraction of sp³-hybridized carbons (Fsp3) is 0.379. The number of rotatable bonds is 8. The smallest absolute Gasteiger partial charge is 0.254 e. The minimum absolute atomic E-state index is 0.0446. The Bertz CT molecular complexity index is 1130. The van der Waals surface area contributed by atoms with E-state index >= 15 is 0 Å². The molecule has 0 N–H and O–H groups in total. The maximum atomic E-state index is 13.7. The van der Waals surface area contributed by atoms with Crippen molar-refractivity contribution >= 4 is 23.2 Å². The summed E-state index contributed by atoms with van der Waals surface area (Å²) in [5.41, 5.74) is 2.58. The van der Waals surface area contributed by atoms with Gasteiger partial charge in [-0.2, -0.15) is 0 Å². The highest BCUT2D eigenvalue weighted by Crippen LogP contribution is 2.25. The number of hydrogen-bond acceptors (Lipinski definition) is 3. The third kappa shape index (κ3) is 6.79. The molecule has 2 aromatic carbocycles. The van der Waals surface area contributed by atoms with E-state index in [1.807, 2.05) is 44.2 Å². The lowest BCUT2D eigenvalue weighted by atomic mass is 9.93. The van der Waals surface area contributed by atoms with Crippen LogP contribution in [0.4, 0.5) is 4.39 Å². The van der Waals surface area contributed by atoms with Gasteiger partial charge in [0, 0.05) is 27.9 Å². The largest absolute Gasteiger partial charge is 0.332 e. The van der Waals surface area contributed by atoms with Crippen LogP contribution in [0.25, 0.3) is 0 Å². The number of carbonyl (C=O) groups is 2. The van der Waals surface area contributed by atoms with Crippen molar-refractivity contribution in [3.63, 3.8) is 0 Å². The van der Waals surface area contributed by atoms with Gasteiger partial charge in [-0.15, -0.1) is 11.3 Å². The average molecular weight is 493 g/mol. The molecule has 0 unspecified atom stereocenters. The van der Waals surface area contributed by atoms with E-state index in [0.717, 1.165) is 41.7 Å². The number of carbonyl (C=O) groups excluding carboxylic acids is 2. The van der Waals surface area contributed by atoms with Crippen LogP contribution in [0.2, 0.25) is 0 Å². The van der Waals surface area contributed by atoms with Gasteiger partial charge in [-0.1, -0.05) is 49.1 Å². The Hall–Kier alpha value is -2.99. The van der Waals surface area contributed by atoms with E-state index in [2.05, 4.69) is 6.07 Å². The Morgan fingerprint density at radius 1 is 0.886 bits per heavy atom. The number of halogens is 1. The molecule has 0 radical (unpaired) electrons. The summed E-state index contributed by atoms with van der Waals surface area (Å²) in [6.07, 6.45) is 5.17. The Morgan fingerprint density at radius 2 is 1.57 bits per heavy atom. The highest BCUT2D eigenvalue weighted by molar-refractivity contribution is 7.11. The topological polar surface area (TPSA) is 40.6 Å². The number of thiophene rings is 1. The van der Waals surface area contributed by atoms with Crippen molar-refractivity contribution in [2.24, 2.45) is 0 Å². The van der Waals surface area contributed by atoms with Crippen molar-refractivity contribution in [3.05, 3.63) is 92.9 Å². The minimum Gasteiger partial charge on any atom is -0.332 e. The fourth-order valence-electron chi connectivity index (χ4n) is 4.67. The molecule has 0 bridgehead atoms. The maximum absolute atomic E-state index is 13.7. The van der Waals surface area contributed by atoms with E-state index in [9.17, 15) is 14.0 Å². The van der Waals surface area contributed by atoms with Crippen LogP contribution in [0.15, 0.2) is 60.7 Å². The first-order valence-electron chi connectivity index (χ1n) is 12.3. The molecule has 1 aliphatic rings. The quantitative estimate of drug-likeness (QED) is 0.360. The molecule has 4 rings (SSSR count). The summed E-state index contributed by atoms with van der Waals surface area (Å²) in [5, 5.41) is 0. The second-order valence-electron chi connectivity index (χ2n) is 9.48. The SMILES string of the molecule is Cc1ccc(C(=O)N(CC(=O)N(Cc2ccc(F)cc2)Cc2ccc(C)s2)C2CCCCC2)cc1. The summed E-state index contributed by atoms with van der Waals surface area (Å²) in [6, 6.07) is 18.0. The predicted molar refractivity (Wildman–Crippen MR) is 139 cm³/mol. The monoisotopic (exact) mass is 492 g/mol. The number of amides is 2. The van der Waals surface area contributed by atoms with Crippen molar-refractivity contribution in [2.75, 3.05) is 6.54 Å². The van der Waals surface area contributed by atoms with Crippen molar-refractivity contribution in [3.8, 4) is 0 Å². The van der Waals surface area contributed by atoms with Gasteiger partial charge < -0.3 is 9.80 Å². The molecule has 4 nitrogen and oxygen atoms in total. The lowest BCUT2D eigenvalue weighted by Gasteiger charge is -2.35. The number of nitrogens with zero attached hydrogens (tertiary/aromatic N) is 2. The summed E-state index contributed by atoms with van der Waals surface area (Å²) in [7, 11) is 0. The van der Waals surface area contributed by atoms with Crippen LogP contribution in [0.1, 0.15) is 63.3 Å². The van der Waals surface area contributed by atoms with E-state index in [1.54, 1.807) is 33.3 Å². The molecule has 0 atom stereocenters. The molecule has 6 heteroatoms. The summed E-state index contributed by atoms with van der Waals surface area (Å²) < 4.78 is 13.5. The van der Waals surface area contributed by atoms with Crippen LogP contribution < -0.4 is 0 Å². The van der Waals surface area contributed by atoms with Gasteiger partial charge in [0.15, 0.2) is 0 Å². The molecule has 1 fully saturated rings. The maximum Gasteiger partial charge on any atom is 0.254 e. The Labute approximate surface area is 211 Å². The van der Waals surface area contributed by atoms with Gasteiger partial charge in [0.05, 0.1) is 6.54 Å². The molecule has 1 saturated carbocycles. The normalized spacial score (nSPS) is 14.0. The van der Waals surface area contributed by atoms with Crippen molar-refractivity contribution in [1.29, 1.82) is 0 Å². The van der Waals surface area contributed by atoms with Gasteiger partial charge in [0.25, 0.3) is 5.91 Å². The van der Waals surface area contributed by atoms with Crippen LogP contribution >= 0.6 is 11.3 Å². The number of benzene rings is 2. The molecular weight excluding hydrogens is 459 g/mol. The minimum atomic E-state index is -0.298. The van der Waals surface area contributed by atoms with Gasteiger partial charge in [0.1, 0.15) is 12.4 Å². The van der Waals surface area contributed by atoms with E-state index in [-0.39, 0.29) is 30.2 Å². The summed E-state index contributed by atoms with van der Waals surface area (Å²) in [4.78, 5) is 33.2. The van der Waals surface area contributed by atoms with Crippen molar-refractivity contribution in [2.45, 2.75) is 65.1 Å². The molecule has 0 aliphatic heterocycles. The number of aryl methyl sites for hydroxylation is 2. The van der Waals surface area contributed by atoms with E-state index < -0.39 is 0 Å². The van der Waals surface area contributed by atoms with Crippen molar-refractivity contribution in [1.82, 2.24) is 9.80 Å². The summed E-state index contributed by atoms with van der Waals surface area (Å²) >= 11 is 1.66. The lowest BCUT2D eigenvalue weighted by Crippen LogP contribution is -2.48. The molecule has 2 amide bonds. The zero-order valence-electron chi connectivity index (χ0n) is 20.5. The summed E-state index contributed by atoms with van der Waals surface area (Å²) in [5.74, 6) is -0.474. The molecule has 35 heavy (non-hydrogen) atoms. The first-order chi connectivity index (χ1) is 16.9. The molecule has 0 saturated heterocycles. The molecule has 0 spiro atoms. The van der Waals surface area contributed by atoms with E-state index in [4.69, 9.17) is 0 Å².